The van der Waals surface area contributed by atoms with E-state index in [0.29, 0.717) is 24.5 Å². The molecule has 0 aliphatic carbocycles. The predicted octanol–water partition coefficient (Wildman–Crippen LogP) is 3.30. The second-order valence-corrected chi connectivity index (χ2v) is 5.19. The smallest absolute Gasteiger partial charge is 0.336 e. The molecule has 6 heteroatoms. The van der Waals surface area contributed by atoms with E-state index in [9.17, 15) is 14.7 Å². The van der Waals surface area contributed by atoms with Gasteiger partial charge in [0, 0.05) is 18.7 Å². The van der Waals surface area contributed by atoms with Crippen LogP contribution in [0.2, 0.25) is 0 Å². The Bertz CT molecular complexity index is 674. The Morgan fingerprint density at radius 2 is 1.87 bits per heavy atom. The minimum absolute atomic E-state index is 0.0390. The SMILES string of the molecule is CCCN(CCC)C(=O)c1ccc(-c2ncco2)cc1C(=O)O. The van der Waals surface area contributed by atoms with E-state index in [4.69, 9.17) is 4.42 Å². The molecule has 0 radical (unpaired) electrons. The van der Waals surface area contributed by atoms with Crippen molar-refractivity contribution in [3.63, 3.8) is 0 Å². The van der Waals surface area contributed by atoms with Crippen molar-refractivity contribution in [2.75, 3.05) is 13.1 Å². The molecule has 0 atom stereocenters. The first-order valence-corrected chi connectivity index (χ1v) is 7.65. The lowest BCUT2D eigenvalue weighted by Crippen LogP contribution is -2.33. The van der Waals surface area contributed by atoms with Gasteiger partial charge in [-0.15, -0.1) is 0 Å². The van der Waals surface area contributed by atoms with Crippen molar-refractivity contribution in [3.05, 3.63) is 41.8 Å². The minimum Gasteiger partial charge on any atom is -0.478 e. The molecule has 0 spiro atoms. The van der Waals surface area contributed by atoms with Crippen LogP contribution in [0, 0.1) is 0 Å². The Balaban J connectivity index is 2.41. The fourth-order valence-electron chi connectivity index (χ4n) is 2.43. The summed E-state index contributed by atoms with van der Waals surface area (Å²) in [7, 11) is 0. The van der Waals surface area contributed by atoms with Gasteiger partial charge < -0.3 is 14.4 Å². The molecule has 1 aromatic carbocycles. The standard InChI is InChI=1S/C17H20N2O4/c1-3-8-19(9-4-2)16(20)13-6-5-12(11-14(13)17(21)22)15-18-7-10-23-15/h5-7,10-11H,3-4,8-9H2,1-2H3,(H,21,22). The molecule has 0 fully saturated rings. The predicted molar refractivity (Wildman–Crippen MR) is 85.4 cm³/mol. The highest BCUT2D eigenvalue weighted by molar-refractivity contribution is 6.05. The first-order chi connectivity index (χ1) is 11.1. The Hall–Kier alpha value is -2.63. The Kier molecular flexibility index (Phi) is 5.51. The highest BCUT2D eigenvalue weighted by atomic mass is 16.4. The van der Waals surface area contributed by atoms with Crippen molar-refractivity contribution in [1.82, 2.24) is 9.88 Å². The van der Waals surface area contributed by atoms with Gasteiger partial charge in [0.25, 0.3) is 5.91 Å². The molecule has 2 aromatic rings. The second-order valence-electron chi connectivity index (χ2n) is 5.19. The zero-order chi connectivity index (χ0) is 16.8. The average Bonchev–Trinajstić information content (AvgIpc) is 3.08. The van der Waals surface area contributed by atoms with Crippen LogP contribution in [0.25, 0.3) is 11.5 Å². The molecule has 0 aliphatic heterocycles. The molecule has 122 valence electrons. The highest BCUT2D eigenvalue weighted by Gasteiger charge is 2.22. The van der Waals surface area contributed by atoms with Crippen LogP contribution in [0.1, 0.15) is 47.4 Å². The van der Waals surface area contributed by atoms with Gasteiger partial charge in [0.2, 0.25) is 5.89 Å². The first-order valence-electron chi connectivity index (χ1n) is 7.65. The molecule has 0 saturated heterocycles. The van der Waals surface area contributed by atoms with Crippen molar-refractivity contribution in [1.29, 1.82) is 0 Å². The molecular weight excluding hydrogens is 296 g/mol. The molecule has 0 unspecified atom stereocenters. The number of nitrogens with zero attached hydrogens (tertiary/aromatic N) is 2. The van der Waals surface area contributed by atoms with E-state index in [-0.39, 0.29) is 17.0 Å². The molecule has 0 bridgehead atoms. The van der Waals surface area contributed by atoms with E-state index in [0.717, 1.165) is 12.8 Å². The number of carbonyl (C=O) groups is 2. The summed E-state index contributed by atoms with van der Waals surface area (Å²) in [6.07, 6.45) is 4.54. The Morgan fingerprint density at radius 3 is 2.39 bits per heavy atom. The van der Waals surface area contributed by atoms with E-state index < -0.39 is 5.97 Å². The summed E-state index contributed by atoms with van der Waals surface area (Å²) in [5.74, 6) is -1.08. The first kappa shape index (κ1) is 16.7. The summed E-state index contributed by atoms with van der Waals surface area (Å²) in [4.78, 5) is 29.9. The number of amides is 1. The van der Waals surface area contributed by atoms with E-state index in [1.54, 1.807) is 11.0 Å². The Morgan fingerprint density at radius 1 is 1.17 bits per heavy atom. The number of benzene rings is 1. The van der Waals surface area contributed by atoms with Crippen molar-refractivity contribution < 1.29 is 19.1 Å². The number of carboxylic acids is 1. The number of oxazole rings is 1. The monoisotopic (exact) mass is 316 g/mol. The third-order valence-corrected chi connectivity index (χ3v) is 3.43. The molecule has 23 heavy (non-hydrogen) atoms. The van der Waals surface area contributed by atoms with Crippen LogP contribution in [-0.4, -0.2) is 40.0 Å². The number of carboxylic acid groups (broad SMARTS) is 1. The van der Waals surface area contributed by atoms with Gasteiger partial charge in [-0.3, -0.25) is 4.79 Å². The van der Waals surface area contributed by atoms with Gasteiger partial charge in [-0.1, -0.05) is 13.8 Å². The molecule has 0 aliphatic rings. The Labute approximate surface area is 134 Å². The third-order valence-electron chi connectivity index (χ3n) is 3.43. The maximum Gasteiger partial charge on any atom is 0.336 e. The van der Waals surface area contributed by atoms with Crippen molar-refractivity contribution in [3.8, 4) is 11.5 Å². The van der Waals surface area contributed by atoms with Gasteiger partial charge in [-0.25, -0.2) is 9.78 Å². The fourth-order valence-corrected chi connectivity index (χ4v) is 2.43. The van der Waals surface area contributed by atoms with Crippen LogP contribution in [0.15, 0.2) is 35.1 Å². The molecule has 1 aromatic heterocycles. The van der Waals surface area contributed by atoms with Crippen LogP contribution in [0.4, 0.5) is 0 Å². The van der Waals surface area contributed by atoms with E-state index >= 15 is 0 Å². The second kappa shape index (κ2) is 7.58. The average molecular weight is 316 g/mol. The summed E-state index contributed by atoms with van der Waals surface area (Å²) in [5.41, 5.74) is 0.680. The largest absolute Gasteiger partial charge is 0.478 e. The molecule has 6 nitrogen and oxygen atoms in total. The van der Waals surface area contributed by atoms with Crippen LogP contribution < -0.4 is 0 Å². The number of carbonyl (C=O) groups excluding carboxylic acids is 1. The number of aromatic nitrogens is 1. The number of rotatable bonds is 7. The fraction of sp³-hybridized carbons (Fsp3) is 0.353. The maximum atomic E-state index is 12.7. The summed E-state index contributed by atoms with van der Waals surface area (Å²) < 4.78 is 5.18. The molecule has 1 N–H and O–H groups in total. The minimum atomic E-state index is -1.14. The number of aromatic carboxylic acids is 1. The molecular formula is C17H20N2O4. The van der Waals surface area contributed by atoms with Crippen molar-refractivity contribution >= 4 is 11.9 Å². The van der Waals surface area contributed by atoms with Crippen LogP contribution in [-0.2, 0) is 0 Å². The zero-order valence-corrected chi connectivity index (χ0v) is 13.3. The van der Waals surface area contributed by atoms with Crippen molar-refractivity contribution in [2.24, 2.45) is 0 Å². The third kappa shape index (κ3) is 3.77. The van der Waals surface area contributed by atoms with Gasteiger partial charge in [0.1, 0.15) is 6.26 Å². The number of hydrogen-bond acceptors (Lipinski definition) is 4. The lowest BCUT2D eigenvalue weighted by molar-refractivity contribution is 0.0675. The topological polar surface area (TPSA) is 83.6 Å². The van der Waals surface area contributed by atoms with Gasteiger partial charge in [0.15, 0.2) is 0 Å². The van der Waals surface area contributed by atoms with Gasteiger partial charge in [0.05, 0.1) is 17.3 Å². The molecule has 1 heterocycles. The van der Waals surface area contributed by atoms with Crippen molar-refractivity contribution in [2.45, 2.75) is 26.7 Å². The quantitative estimate of drug-likeness (QED) is 0.847. The summed E-state index contributed by atoms with van der Waals surface area (Å²) in [6, 6.07) is 4.61. The summed E-state index contributed by atoms with van der Waals surface area (Å²) in [6.45, 7) is 5.18. The molecule has 1 amide bonds. The maximum absolute atomic E-state index is 12.7. The molecule has 0 saturated carbocycles. The van der Waals surface area contributed by atoms with Gasteiger partial charge in [-0.05, 0) is 31.0 Å². The highest BCUT2D eigenvalue weighted by Crippen LogP contribution is 2.22. The zero-order valence-electron chi connectivity index (χ0n) is 13.3. The molecule has 2 rings (SSSR count). The van der Waals surface area contributed by atoms with E-state index in [2.05, 4.69) is 4.98 Å². The summed E-state index contributed by atoms with van der Waals surface area (Å²) >= 11 is 0. The van der Waals surface area contributed by atoms with Gasteiger partial charge in [-0.2, -0.15) is 0 Å². The number of hydrogen-bond donors (Lipinski definition) is 1. The lowest BCUT2D eigenvalue weighted by atomic mass is 10.0. The normalized spacial score (nSPS) is 10.5. The lowest BCUT2D eigenvalue weighted by Gasteiger charge is -2.22. The van der Waals surface area contributed by atoms with Crippen LogP contribution in [0.3, 0.4) is 0 Å². The van der Waals surface area contributed by atoms with E-state index in [1.807, 2.05) is 13.8 Å². The van der Waals surface area contributed by atoms with Crippen LogP contribution >= 0.6 is 0 Å². The van der Waals surface area contributed by atoms with Crippen LogP contribution in [0.5, 0.6) is 0 Å². The summed E-state index contributed by atoms with van der Waals surface area (Å²) in [5, 5.41) is 9.46. The van der Waals surface area contributed by atoms with Gasteiger partial charge >= 0.3 is 5.97 Å². The van der Waals surface area contributed by atoms with E-state index in [1.165, 1.54) is 24.6 Å².